The van der Waals surface area contributed by atoms with E-state index in [0.29, 0.717) is 35.3 Å². The molecule has 122 valence electrons. The number of fused-ring (bicyclic) bond motifs is 1. The maximum absolute atomic E-state index is 8.98. The zero-order valence-corrected chi connectivity index (χ0v) is 14.4. The third-order valence-corrected chi connectivity index (χ3v) is 4.54. The van der Waals surface area contributed by atoms with E-state index in [-0.39, 0.29) is 18.9 Å². The highest BCUT2D eigenvalue weighted by molar-refractivity contribution is 9.10. The molecular weight excluding hydrogens is 384 g/mol. The van der Waals surface area contributed by atoms with Crippen molar-refractivity contribution in [3.8, 4) is 17.6 Å². The molecule has 2 heterocycles. The predicted octanol–water partition coefficient (Wildman–Crippen LogP) is 1.47. The Bertz CT molecular complexity index is 666. The number of nitrogens with zero attached hydrogens (tertiary/aromatic N) is 1. The lowest BCUT2D eigenvalue weighted by Gasteiger charge is -2.32. The number of hydrogen-bond acceptors (Lipinski definition) is 6. The van der Waals surface area contributed by atoms with Crippen molar-refractivity contribution in [1.29, 1.82) is 5.26 Å². The van der Waals surface area contributed by atoms with E-state index >= 15 is 0 Å². The average Bonchev–Trinajstić information content (AvgIpc) is 3.01. The molecule has 23 heavy (non-hydrogen) atoms. The molecule has 0 spiro atoms. The number of benzene rings is 1. The number of rotatable bonds is 2. The third kappa shape index (κ3) is 3.50. The summed E-state index contributed by atoms with van der Waals surface area (Å²) in [6, 6.07) is 5.40. The van der Waals surface area contributed by atoms with Crippen molar-refractivity contribution in [2.75, 3.05) is 18.7 Å². The highest BCUT2D eigenvalue weighted by Gasteiger charge is 2.30. The highest BCUT2D eigenvalue weighted by Crippen LogP contribution is 2.43. The van der Waals surface area contributed by atoms with Crippen molar-refractivity contribution in [1.82, 2.24) is 5.32 Å². The van der Waals surface area contributed by atoms with Gasteiger partial charge in [-0.15, -0.1) is 0 Å². The molecule has 0 bridgehead atoms. The standard InChI is InChI=1S/C14H15BrN4O3S/c15-8-1-2-11-13(22-6-21-11)12(8)19-14(23)18-10-3-7(4-16)20-5-9(10)17/h1-2,7,9-10H,3,5-6,17H2,(H2,18,19,23)/t7-,9+,10-/m1/s1. The van der Waals surface area contributed by atoms with E-state index in [0.717, 1.165) is 4.47 Å². The van der Waals surface area contributed by atoms with Crippen molar-refractivity contribution >= 4 is 38.9 Å². The first-order chi connectivity index (χ1) is 11.1. The van der Waals surface area contributed by atoms with E-state index < -0.39 is 6.10 Å². The van der Waals surface area contributed by atoms with Crippen LogP contribution in [0.15, 0.2) is 16.6 Å². The summed E-state index contributed by atoms with van der Waals surface area (Å²) < 4.78 is 16.9. The van der Waals surface area contributed by atoms with E-state index in [1.165, 1.54) is 0 Å². The summed E-state index contributed by atoms with van der Waals surface area (Å²) in [4.78, 5) is 0. The Morgan fingerprint density at radius 2 is 2.26 bits per heavy atom. The van der Waals surface area contributed by atoms with Crippen LogP contribution >= 0.6 is 28.1 Å². The van der Waals surface area contributed by atoms with Crippen LogP contribution in [0.4, 0.5) is 5.69 Å². The van der Waals surface area contributed by atoms with Gasteiger partial charge in [0, 0.05) is 23.0 Å². The smallest absolute Gasteiger partial charge is 0.231 e. The SMILES string of the molecule is N#C[C@H]1C[C@@H](NC(=S)Nc2c(Br)ccc3c2OCO3)[C@@H](N)CO1. The third-order valence-electron chi connectivity index (χ3n) is 3.66. The second-order valence-corrected chi connectivity index (χ2v) is 6.47. The molecule has 2 aliphatic rings. The van der Waals surface area contributed by atoms with Gasteiger partial charge in [-0.1, -0.05) is 0 Å². The fourth-order valence-electron chi connectivity index (χ4n) is 2.46. The van der Waals surface area contributed by atoms with Gasteiger partial charge < -0.3 is 30.6 Å². The first-order valence-corrected chi connectivity index (χ1v) is 8.21. The molecule has 0 aliphatic carbocycles. The van der Waals surface area contributed by atoms with Crippen molar-refractivity contribution in [3.63, 3.8) is 0 Å². The normalized spacial score (nSPS) is 25.5. The molecule has 0 saturated carbocycles. The average molecular weight is 399 g/mol. The highest BCUT2D eigenvalue weighted by atomic mass is 79.9. The number of halogens is 1. The van der Waals surface area contributed by atoms with Gasteiger partial charge >= 0.3 is 0 Å². The molecule has 1 fully saturated rings. The molecule has 3 rings (SSSR count). The van der Waals surface area contributed by atoms with E-state index in [1.54, 1.807) is 0 Å². The minimum Gasteiger partial charge on any atom is -0.454 e. The number of nitrogens with two attached hydrogens (primary N) is 1. The Labute approximate surface area is 147 Å². The monoisotopic (exact) mass is 398 g/mol. The first-order valence-electron chi connectivity index (χ1n) is 7.01. The van der Waals surface area contributed by atoms with Crippen LogP contribution < -0.4 is 25.8 Å². The summed E-state index contributed by atoms with van der Waals surface area (Å²) in [5, 5.41) is 15.6. The van der Waals surface area contributed by atoms with Gasteiger partial charge in [-0.3, -0.25) is 0 Å². The first kappa shape index (κ1) is 16.3. The van der Waals surface area contributed by atoms with Gasteiger partial charge in [-0.2, -0.15) is 5.26 Å². The molecule has 1 aromatic rings. The maximum atomic E-state index is 8.98. The summed E-state index contributed by atoms with van der Waals surface area (Å²) >= 11 is 8.82. The number of anilines is 1. The van der Waals surface area contributed by atoms with Crippen LogP contribution in [0.2, 0.25) is 0 Å². The number of nitrogens with one attached hydrogen (secondary N) is 2. The number of ether oxygens (including phenoxy) is 3. The summed E-state index contributed by atoms with van der Waals surface area (Å²) in [5.74, 6) is 1.26. The lowest BCUT2D eigenvalue weighted by atomic mass is 10.00. The zero-order valence-electron chi connectivity index (χ0n) is 12.0. The van der Waals surface area contributed by atoms with Crippen molar-refractivity contribution in [2.24, 2.45) is 5.73 Å². The maximum Gasteiger partial charge on any atom is 0.231 e. The number of thiocarbonyl (C=S) groups is 1. The van der Waals surface area contributed by atoms with E-state index in [1.807, 2.05) is 12.1 Å². The summed E-state index contributed by atoms with van der Waals surface area (Å²) in [7, 11) is 0. The van der Waals surface area contributed by atoms with Crippen LogP contribution in [-0.4, -0.2) is 36.7 Å². The predicted molar refractivity (Wildman–Crippen MR) is 91.4 cm³/mol. The Balaban J connectivity index is 1.68. The topological polar surface area (TPSA) is 102 Å². The van der Waals surface area contributed by atoms with Crippen LogP contribution in [0.25, 0.3) is 0 Å². The van der Waals surface area contributed by atoms with Gasteiger partial charge in [-0.05, 0) is 40.3 Å². The molecule has 0 unspecified atom stereocenters. The molecule has 3 atom stereocenters. The second-order valence-electron chi connectivity index (χ2n) is 5.21. The number of hydrogen-bond donors (Lipinski definition) is 3. The van der Waals surface area contributed by atoms with Crippen LogP contribution in [0, 0.1) is 11.3 Å². The Morgan fingerprint density at radius 1 is 1.43 bits per heavy atom. The molecule has 4 N–H and O–H groups in total. The van der Waals surface area contributed by atoms with Gasteiger partial charge in [0.05, 0.1) is 12.7 Å². The van der Waals surface area contributed by atoms with Crippen molar-refractivity contribution < 1.29 is 14.2 Å². The fraction of sp³-hybridized carbons (Fsp3) is 0.429. The lowest BCUT2D eigenvalue weighted by Crippen LogP contribution is -2.55. The number of nitriles is 1. The molecule has 2 aliphatic heterocycles. The largest absolute Gasteiger partial charge is 0.454 e. The van der Waals surface area contributed by atoms with Crippen LogP contribution in [0.5, 0.6) is 11.5 Å². The molecule has 7 nitrogen and oxygen atoms in total. The van der Waals surface area contributed by atoms with Crippen LogP contribution in [0.3, 0.4) is 0 Å². The fourth-order valence-corrected chi connectivity index (χ4v) is 3.12. The molecule has 1 saturated heterocycles. The quantitative estimate of drug-likeness (QED) is 0.643. The van der Waals surface area contributed by atoms with Gasteiger partial charge in [0.15, 0.2) is 16.6 Å². The molecular formula is C14H15BrN4O3S. The Kier molecular flexibility index (Phi) is 4.87. The van der Waals surface area contributed by atoms with Crippen LogP contribution in [-0.2, 0) is 4.74 Å². The molecule has 0 radical (unpaired) electrons. The van der Waals surface area contributed by atoms with Gasteiger partial charge in [-0.25, -0.2) is 0 Å². The zero-order chi connectivity index (χ0) is 16.4. The van der Waals surface area contributed by atoms with Gasteiger partial charge in [0.25, 0.3) is 0 Å². The molecule has 9 heteroatoms. The molecule has 1 aromatic carbocycles. The minimum absolute atomic E-state index is 0.138. The van der Waals surface area contributed by atoms with Crippen molar-refractivity contribution in [2.45, 2.75) is 24.6 Å². The summed E-state index contributed by atoms with van der Waals surface area (Å²) in [6.45, 7) is 0.495. The summed E-state index contributed by atoms with van der Waals surface area (Å²) in [5.41, 5.74) is 6.71. The lowest BCUT2D eigenvalue weighted by molar-refractivity contribution is 0.0253. The summed E-state index contributed by atoms with van der Waals surface area (Å²) in [6.07, 6.45) is 0.00668. The van der Waals surface area contributed by atoms with Crippen LogP contribution in [0.1, 0.15) is 6.42 Å². The van der Waals surface area contributed by atoms with E-state index in [4.69, 9.17) is 37.4 Å². The Morgan fingerprint density at radius 3 is 3.04 bits per heavy atom. The molecule has 0 aromatic heterocycles. The van der Waals surface area contributed by atoms with Gasteiger partial charge in [0.1, 0.15) is 11.8 Å². The van der Waals surface area contributed by atoms with E-state index in [2.05, 4.69) is 32.6 Å². The van der Waals surface area contributed by atoms with Crippen molar-refractivity contribution in [3.05, 3.63) is 16.6 Å². The Hall–Kier alpha value is -1.60. The second kappa shape index (κ2) is 6.88. The van der Waals surface area contributed by atoms with E-state index in [9.17, 15) is 0 Å². The minimum atomic E-state index is -0.473. The molecule has 0 amide bonds. The van der Waals surface area contributed by atoms with Gasteiger partial charge in [0.2, 0.25) is 6.79 Å².